The van der Waals surface area contributed by atoms with Crippen molar-refractivity contribution in [2.75, 3.05) is 5.43 Å². The topological polar surface area (TPSA) is 111 Å². The molecular formula is C14H9F3N4O4. The summed E-state index contributed by atoms with van der Waals surface area (Å²) in [5.74, 6) is 0. The molecule has 2 aromatic rings. The Morgan fingerprint density at radius 3 is 2.16 bits per heavy atom. The highest BCUT2D eigenvalue weighted by Crippen LogP contribution is 2.34. The molecule has 0 heterocycles. The number of halogens is 3. The maximum atomic E-state index is 12.6. The molecule has 11 heteroatoms. The second-order valence-electron chi connectivity index (χ2n) is 4.71. The molecule has 1 N–H and O–H groups in total. The summed E-state index contributed by atoms with van der Waals surface area (Å²) in [6.07, 6.45) is -3.49. The fourth-order valence-electron chi connectivity index (χ4n) is 1.81. The van der Waals surface area contributed by atoms with Crippen LogP contribution in [-0.2, 0) is 6.18 Å². The molecule has 8 nitrogen and oxygen atoms in total. The molecule has 0 saturated heterocycles. The van der Waals surface area contributed by atoms with Crippen LogP contribution in [0.15, 0.2) is 47.6 Å². The number of nitrogens with zero attached hydrogens (tertiary/aromatic N) is 3. The van der Waals surface area contributed by atoms with Gasteiger partial charge in [0.15, 0.2) is 0 Å². The van der Waals surface area contributed by atoms with Crippen molar-refractivity contribution in [3.05, 3.63) is 73.8 Å². The molecule has 0 atom stereocenters. The minimum atomic E-state index is -4.70. The van der Waals surface area contributed by atoms with E-state index in [1.165, 1.54) is 30.5 Å². The van der Waals surface area contributed by atoms with Crippen LogP contribution in [0.4, 0.5) is 30.2 Å². The summed E-state index contributed by atoms with van der Waals surface area (Å²) in [5, 5.41) is 25.1. The lowest BCUT2D eigenvalue weighted by Gasteiger charge is -2.08. The molecule has 2 rings (SSSR count). The monoisotopic (exact) mass is 354 g/mol. The van der Waals surface area contributed by atoms with Gasteiger partial charge in [0.25, 0.3) is 11.4 Å². The van der Waals surface area contributed by atoms with Crippen LogP contribution in [0.25, 0.3) is 0 Å². The number of nitro benzene ring substituents is 2. The van der Waals surface area contributed by atoms with Crippen LogP contribution < -0.4 is 5.43 Å². The molecular weight excluding hydrogens is 345 g/mol. The summed E-state index contributed by atoms with van der Waals surface area (Å²) in [6.45, 7) is 0. The second kappa shape index (κ2) is 6.95. The van der Waals surface area contributed by atoms with E-state index in [0.717, 1.165) is 6.07 Å². The van der Waals surface area contributed by atoms with Gasteiger partial charge in [0.1, 0.15) is 5.69 Å². The van der Waals surface area contributed by atoms with Gasteiger partial charge in [-0.25, -0.2) is 0 Å². The Morgan fingerprint density at radius 1 is 1.00 bits per heavy atom. The molecule has 0 aliphatic rings. The first-order valence-corrected chi connectivity index (χ1v) is 6.57. The molecule has 25 heavy (non-hydrogen) atoms. The average molecular weight is 354 g/mol. The number of hydrogen-bond donors (Lipinski definition) is 1. The zero-order chi connectivity index (χ0) is 18.6. The van der Waals surface area contributed by atoms with Gasteiger partial charge in [0.05, 0.1) is 21.6 Å². The van der Waals surface area contributed by atoms with E-state index < -0.39 is 27.3 Å². The maximum absolute atomic E-state index is 12.6. The van der Waals surface area contributed by atoms with Crippen molar-refractivity contribution >= 4 is 23.3 Å². The van der Waals surface area contributed by atoms with Gasteiger partial charge in [-0.15, -0.1) is 0 Å². The zero-order valence-electron chi connectivity index (χ0n) is 12.2. The maximum Gasteiger partial charge on any atom is 0.416 e. The van der Waals surface area contributed by atoms with Crippen LogP contribution in [0.2, 0.25) is 0 Å². The van der Waals surface area contributed by atoms with E-state index in [-0.39, 0.29) is 11.4 Å². The lowest BCUT2D eigenvalue weighted by atomic mass is 10.1. The van der Waals surface area contributed by atoms with Crippen LogP contribution in [0.5, 0.6) is 0 Å². The van der Waals surface area contributed by atoms with Gasteiger partial charge in [0, 0.05) is 18.2 Å². The molecule has 0 spiro atoms. The molecule has 0 aromatic heterocycles. The minimum Gasteiger partial charge on any atom is -0.272 e. The van der Waals surface area contributed by atoms with Crippen LogP contribution in [-0.4, -0.2) is 16.1 Å². The van der Waals surface area contributed by atoms with Crippen molar-refractivity contribution in [1.29, 1.82) is 0 Å². The summed E-state index contributed by atoms with van der Waals surface area (Å²) in [7, 11) is 0. The van der Waals surface area contributed by atoms with Crippen molar-refractivity contribution in [1.82, 2.24) is 0 Å². The van der Waals surface area contributed by atoms with Crippen molar-refractivity contribution in [3.8, 4) is 0 Å². The number of hydrazone groups is 1. The molecule has 0 amide bonds. The third-order valence-corrected chi connectivity index (χ3v) is 3.02. The first-order chi connectivity index (χ1) is 11.7. The fourth-order valence-corrected chi connectivity index (χ4v) is 1.81. The quantitative estimate of drug-likeness (QED) is 0.496. The molecule has 2 aromatic carbocycles. The van der Waals surface area contributed by atoms with E-state index in [9.17, 15) is 33.4 Å². The normalized spacial score (nSPS) is 11.5. The molecule has 0 radical (unpaired) electrons. The minimum absolute atomic E-state index is 0.122. The lowest BCUT2D eigenvalue weighted by Crippen LogP contribution is -2.06. The Kier molecular flexibility index (Phi) is 4.96. The number of benzene rings is 2. The first-order valence-electron chi connectivity index (χ1n) is 6.57. The molecule has 0 unspecified atom stereocenters. The Labute approximate surface area is 137 Å². The van der Waals surface area contributed by atoms with E-state index >= 15 is 0 Å². The van der Waals surface area contributed by atoms with E-state index in [0.29, 0.717) is 17.7 Å². The summed E-state index contributed by atoms with van der Waals surface area (Å²) in [5.41, 5.74) is 0.459. The van der Waals surface area contributed by atoms with Crippen LogP contribution in [0.3, 0.4) is 0 Å². The van der Waals surface area contributed by atoms with E-state index in [1.54, 1.807) is 0 Å². The number of anilines is 1. The molecule has 0 aliphatic heterocycles. The van der Waals surface area contributed by atoms with Gasteiger partial charge < -0.3 is 0 Å². The SMILES string of the molecule is O=[N+]([O-])c1ccc(/C=N\Nc2ccc(C(F)(F)F)cc2[N+](=O)[O-])cc1. The number of non-ortho nitro benzene ring substituents is 1. The highest BCUT2D eigenvalue weighted by atomic mass is 19.4. The summed E-state index contributed by atoms with van der Waals surface area (Å²) in [6, 6.07) is 7.26. The van der Waals surface area contributed by atoms with Gasteiger partial charge in [-0.1, -0.05) is 0 Å². The number of rotatable bonds is 5. The Bertz CT molecular complexity index is 835. The first kappa shape index (κ1) is 17.8. The van der Waals surface area contributed by atoms with Gasteiger partial charge in [-0.2, -0.15) is 18.3 Å². The van der Waals surface area contributed by atoms with Crippen molar-refractivity contribution in [3.63, 3.8) is 0 Å². The van der Waals surface area contributed by atoms with Gasteiger partial charge in [-0.3, -0.25) is 25.7 Å². The summed E-state index contributed by atoms with van der Waals surface area (Å²) < 4.78 is 37.8. The highest BCUT2D eigenvalue weighted by molar-refractivity contribution is 5.81. The number of nitro groups is 2. The van der Waals surface area contributed by atoms with E-state index in [1.807, 2.05) is 0 Å². The van der Waals surface area contributed by atoms with Crippen molar-refractivity contribution in [2.45, 2.75) is 6.18 Å². The smallest absolute Gasteiger partial charge is 0.272 e. The van der Waals surface area contributed by atoms with Crippen molar-refractivity contribution < 1.29 is 23.0 Å². The zero-order valence-corrected chi connectivity index (χ0v) is 12.2. The molecule has 130 valence electrons. The van der Waals surface area contributed by atoms with Crippen molar-refractivity contribution in [2.24, 2.45) is 5.10 Å². The Balaban J connectivity index is 2.19. The molecule has 0 bridgehead atoms. The number of hydrogen-bond acceptors (Lipinski definition) is 6. The van der Waals surface area contributed by atoms with Crippen LogP contribution >= 0.6 is 0 Å². The number of alkyl halides is 3. The molecule has 0 fully saturated rings. The fraction of sp³-hybridized carbons (Fsp3) is 0.0714. The third kappa shape index (κ3) is 4.50. The predicted octanol–water partition coefficient (Wildman–Crippen LogP) is 3.97. The predicted molar refractivity (Wildman–Crippen MR) is 82.4 cm³/mol. The van der Waals surface area contributed by atoms with Crippen LogP contribution in [0, 0.1) is 20.2 Å². The third-order valence-electron chi connectivity index (χ3n) is 3.02. The Morgan fingerprint density at radius 2 is 1.64 bits per heavy atom. The lowest BCUT2D eigenvalue weighted by molar-refractivity contribution is -0.384. The summed E-state index contributed by atoms with van der Waals surface area (Å²) in [4.78, 5) is 19.9. The highest BCUT2D eigenvalue weighted by Gasteiger charge is 2.33. The number of nitrogens with one attached hydrogen (secondary N) is 1. The Hall–Kier alpha value is -3.50. The van der Waals surface area contributed by atoms with E-state index in [4.69, 9.17) is 0 Å². The largest absolute Gasteiger partial charge is 0.416 e. The molecule has 0 saturated carbocycles. The molecule has 0 aliphatic carbocycles. The summed E-state index contributed by atoms with van der Waals surface area (Å²) >= 11 is 0. The van der Waals surface area contributed by atoms with Crippen LogP contribution in [0.1, 0.15) is 11.1 Å². The van der Waals surface area contributed by atoms with Gasteiger partial charge >= 0.3 is 6.18 Å². The van der Waals surface area contributed by atoms with Gasteiger partial charge in [-0.05, 0) is 29.8 Å². The van der Waals surface area contributed by atoms with E-state index in [2.05, 4.69) is 10.5 Å². The second-order valence-corrected chi connectivity index (χ2v) is 4.71. The average Bonchev–Trinajstić information content (AvgIpc) is 2.54. The van der Waals surface area contributed by atoms with Gasteiger partial charge in [0.2, 0.25) is 0 Å². The standard InChI is InChI=1S/C14H9F3N4O4/c15-14(16,17)10-3-6-12(13(7-10)21(24)25)19-18-8-9-1-4-11(5-2-9)20(22)23/h1-8,19H/b18-8-.